The number of nitrogens with zero attached hydrogens (tertiary/aromatic N) is 3. The lowest BCUT2D eigenvalue weighted by atomic mass is 10.00. The molecule has 51 heavy (non-hydrogen) atoms. The van der Waals surface area contributed by atoms with E-state index >= 15 is 0 Å². The summed E-state index contributed by atoms with van der Waals surface area (Å²) >= 11 is 0. The van der Waals surface area contributed by atoms with Crippen molar-refractivity contribution < 1.29 is 0 Å². The van der Waals surface area contributed by atoms with Crippen molar-refractivity contribution in [3.8, 4) is 22.5 Å². The number of fused-ring (bicyclic) bond motifs is 6. The average molecular weight is 652 g/mol. The molecule has 0 saturated carbocycles. The quantitative estimate of drug-likeness (QED) is 0.174. The third kappa shape index (κ3) is 4.74. The molecule has 2 heterocycles. The van der Waals surface area contributed by atoms with Gasteiger partial charge in [0.1, 0.15) is 0 Å². The highest BCUT2D eigenvalue weighted by atomic mass is 15.1. The van der Waals surface area contributed by atoms with Gasteiger partial charge in [0, 0.05) is 44.3 Å². The first-order valence-electron chi connectivity index (χ1n) is 17.5. The van der Waals surface area contributed by atoms with E-state index in [1.165, 1.54) is 60.4 Å². The molecule has 0 aliphatic rings. The van der Waals surface area contributed by atoms with Gasteiger partial charge in [0.05, 0.1) is 27.8 Å². The molecular weight excluding hydrogens is 619 g/mol. The molecule has 0 aliphatic carbocycles. The number of anilines is 3. The number of benzene rings is 8. The van der Waals surface area contributed by atoms with Crippen LogP contribution in [0.5, 0.6) is 0 Å². The van der Waals surface area contributed by atoms with E-state index in [0.29, 0.717) is 0 Å². The number of hydrogen-bond acceptors (Lipinski definition) is 1. The van der Waals surface area contributed by atoms with Crippen LogP contribution in [0.2, 0.25) is 0 Å². The first-order chi connectivity index (χ1) is 25.3. The molecule has 0 bridgehead atoms. The fourth-order valence-corrected chi connectivity index (χ4v) is 7.86. The zero-order chi connectivity index (χ0) is 33.7. The Morgan fingerprint density at radius 1 is 0.314 bits per heavy atom. The van der Waals surface area contributed by atoms with Crippen molar-refractivity contribution in [3.05, 3.63) is 200 Å². The Morgan fingerprint density at radius 3 is 1.37 bits per heavy atom. The van der Waals surface area contributed by atoms with Crippen molar-refractivity contribution in [1.82, 2.24) is 9.13 Å². The highest BCUT2D eigenvalue weighted by Gasteiger charge is 2.21. The smallest absolute Gasteiger partial charge is 0.0562 e. The van der Waals surface area contributed by atoms with Gasteiger partial charge in [-0.25, -0.2) is 0 Å². The van der Waals surface area contributed by atoms with Crippen LogP contribution in [0.3, 0.4) is 0 Å². The van der Waals surface area contributed by atoms with E-state index in [-0.39, 0.29) is 0 Å². The van der Waals surface area contributed by atoms with Crippen molar-refractivity contribution in [2.75, 3.05) is 4.90 Å². The van der Waals surface area contributed by atoms with Crippen molar-refractivity contribution in [3.63, 3.8) is 0 Å². The number of para-hydroxylation sites is 5. The van der Waals surface area contributed by atoms with E-state index in [9.17, 15) is 0 Å². The second kappa shape index (κ2) is 11.9. The molecule has 8 aromatic carbocycles. The molecule has 0 aliphatic heterocycles. The predicted molar refractivity (Wildman–Crippen MR) is 215 cm³/mol. The Bertz CT molecular complexity index is 2790. The summed E-state index contributed by atoms with van der Waals surface area (Å²) < 4.78 is 4.78. The Kier molecular flexibility index (Phi) is 6.81. The van der Waals surface area contributed by atoms with Crippen molar-refractivity contribution in [2.24, 2.45) is 0 Å². The zero-order valence-corrected chi connectivity index (χ0v) is 27.9. The van der Waals surface area contributed by atoms with Crippen LogP contribution in [-0.2, 0) is 0 Å². The largest absolute Gasteiger partial charge is 0.310 e. The predicted octanol–water partition coefficient (Wildman–Crippen LogP) is 13.0. The van der Waals surface area contributed by atoms with E-state index in [0.717, 1.165) is 22.7 Å². The summed E-state index contributed by atoms with van der Waals surface area (Å²) in [5, 5.41) is 4.93. The summed E-state index contributed by atoms with van der Waals surface area (Å²) in [6, 6.07) is 72.1. The average Bonchev–Trinajstić information content (AvgIpc) is 3.72. The van der Waals surface area contributed by atoms with Crippen molar-refractivity contribution in [1.29, 1.82) is 0 Å². The normalized spacial score (nSPS) is 11.5. The molecule has 3 heteroatoms. The summed E-state index contributed by atoms with van der Waals surface area (Å²) in [5.41, 5.74) is 12.8. The van der Waals surface area contributed by atoms with Gasteiger partial charge >= 0.3 is 0 Å². The Morgan fingerprint density at radius 2 is 0.765 bits per heavy atom. The molecule has 0 fully saturated rings. The third-order valence-electron chi connectivity index (χ3n) is 10.1. The maximum absolute atomic E-state index is 2.41. The molecule has 0 saturated heterocycles. The fourth-order valence-electron chi connectivity index (χ4n) is 7.86. The summed E-state index contributed by atoms with van der Waals surface area (Å²) in [6.45, 7) is 0. The number of aromatic nitrogens is 2. The molecule has 10 rings (SSSR count). The minimum atomic E-state index is 1.12. The highest BCUT2D eigenvalue weighted by Crippen LogP contribution is 2.45. The number of hydrogen-bond donors (Lipinski definition) is 0. The molecule has 0 amide bonds. The molecule has 3 nitrogen and oxygen atoms in total. The Labute approximate surface area is 296 Å². The minimum absolute atomic E-state index is 1.12. The molecule has 240 valence electrons. The maximum atomic E-state index is 2.41. The lowest BCUT2D eigenvalue weighted by Gasteiger charge is -2.26. The third-order valence-corrected chi connectivity index (χ3v) is 10.1. The van der Waals surface area contributed by atoms with Gasteiger partial charge in [0.15, 0.2) is 0 Å². The van der Waals surface area contributed by atoms with Gasteiger partial charge in [-0.2, -0.15) is 0 Å². The molecule has 0 atom stereocenters. The number of rotatable bonds is 6. The van der Waals surface area contributed by atoms with E-state index in [4.69, 9.17) is 0 Å². The van der Waals surface area contributed by atoms with Gasteiger partial charge in [-0.05, 0) is 102 Å². The van der Waals surface area contributed by atoms with Crippen LogP contribution >= 0.6 is 0 Å². The van der Waals surface area contributed by atoms with E-state index in [1.54, 1.807) is 0 Å². The Balaban J connectivity index is 1.24. The molecule has 0 unspecified atom stereocenters. The lowest BCUT2D eigenvalue weighted by molar-refractivity contribution is 1.18. The summed E-state index contributed by atoms with van der Waals surface area (Å²) in [6.07, 6.45) is 0. The maximum Gasteiger partial charge on any atom is 0.0562 e. The van der Waals surface area contributed by atoms with Crippen LogP contribution in [-0.4, -0.2) is 9.13 Å². The van der Waals surface area contributed by atoms with E-state index in [2.05, 4.69) is 214 Å². The molecular formula is C48H33N3. The molecule has 0 spiro atoms. The van der Waals surface area contributed by atoms with Gasteiger partial charge in [0.25, 0.3) is 0 Å². The standard InChI is InChI=1S/C48H33N3/c1-5-16-36(17-6-1)49(37-18-7-2-8-19-37)46-26-15-27-47-48(46)42-33-35(29-31-45(42)51(47)39-22-11-4-12-23-39)34-28-30-44-41(32-34)40-24-13-14-25-43(40)50(44)38-20-9-3-10-21-38/h1-33H. The highest BCUT2D eigenvalue weighted by molar-refractivity contribution is 6.18. The van der Waals surface area contributed by atoms with Crippen LogP contribution in [0.4, 0.5) is 17.1 Å². The van der Waals surface area contributed by atoms with Gasteiger partial charge in [-0.1, -0.05) is 109 Å². The van der Waals surface area contributed by atoms with Gasteiger partial charge in [0.2, 0.25) is 0 Å². The monoisotopic (exact) mass is 651 g/mol. The van der Waals surface area contributed by atoms with Gasteiger partial charge in [-0.3, -0.25) is 0 Å². The van der Waals surface area contributed by atoms with Gasteiger partial charge < -0.3 is 14.0 Å². The first-order valence-corrected chi connectivity index (χ1v) is 17.5. The van der Waals surface area contributed by atoms with Crippen molar-refractivity contribution in [2.45, 2.75) is 0 Å². The van der Waals surface area contributed by atoms with Crippen LogP contribution in [0.15, 0.2) is 200 Å². The minimum Gasteiger partial charge on any atom is -0.310 e. The first kappa shape index (κ1) is 29.1. The second-order valence-corrected chi connectivity index (χ2v) is 13.0. The molecule has 0 N–H and O–H groups in total. The van der Waals surface area contributed by atoms with Crippen LogP contribution < -0.4 is 4.90 Å². The molecule has 10 aromatic rings. The zero-order valence-electron chi connectivity index (χ0n) is 27.9. The topological polar surface area (TPSA) is 13.1 Å². The Hall–Kier alpha value is -6.84. The van der Waals surface area contributed by atoms with Crippen molar-refractivity contribution >= 4 is 60.7 Å². The van der Waals surface area contributed by atoms with Crippen LogP contribution in [0.1, 0.15) is 0 Å². The summed E-state index contributed by atoms with van der Waals surface area (Å²) in [5.74, 6) is 0. The van der Waals surface area contributed by atoms with Crippen LogP contribution in [0, 0.1) is 0 Å². The van der Waals surface area contributed by atoms with Gasteiger partial charge in [-0.15, -0.1) is 0 Å². The molecule has 2 aromatic heterocycles. The second-order valence-electron chi connectivity index (χ2n) is 13.0. The lowest BCUT2D eigenvalue weighted by Crippen LogP contribution is -2.10. The SMILES string of the molecule is c1ccc(N(c2ccccc2)c2cccc3c2c2cc(-c4ccc5c(c4)c4ccccc4n5-c4ccccc4)ccc2n3-c2ccccc2)cc1. The summed E-state index contributed by atoms with van der Waals surface area (Å²) in [4.78, 5) is 2.38. The van der Waals surface area contributed by atoms with E-state index < -0.39 is 0 Å². The van der Waals surface area contributed by atoms with Crippen LogP contribution in [0.25, 0.3) is 66.1 Å². The van der Waals surface area contributed by atoms with E-state index in [1.807, 2.05) is 0 Å². The fraction of sp³-hybridized carbons (Fsp3) is 0. The molecule has 0 radical (unpaired) electrons. The summed E-state index contributed by atoms with van der Waals surface area (Å²) in [7, 11) is 0.